The van der Waals surface area contributed by atoms with Crippen LogP contribution in [0, 0.1) is 0 Å². The van der Waals surface area contributed by atoms with E-state index in [2.05, 4.69) is 20.0 Å². The summed E-state index contributed by atoms with van der Waals surface area (Å²) in [6, 6.07) is 6.95. The minimum Gasteiger partial charge on any atom is -0.465 e. The number of ether oxygens (including phenoxy) is 2. The fraction of sp³-hybridized carbons (Fsp3) is 0.500. The maximum absolute atomic E-state index is 15.7. The van der Waals surface area contributed by atoms with Crippen molar-refractivity contribution in [3.8, 4) is 5.75 Å². The number of fused-ring (bicyclic) bond motifs is 1. The Kier molecular flexibility index (Phi) is 9.36. The molecule has 1 unspecified atom stereocenters. The number of esters is 1. The Balaban J connectivity index is 1.62. The van der Waals surface area contributed by atoms with Crippen molar-refractivity contribution >= 4 is 48.2 Å². The summed E-state index contributed by atoms with van der Waals surface area (Å²) in [6.07, 6.45) is -4.04. The number of aromatic nitrogens is 4. The Morgan fingerprint density at radius 1 is 1.37 bits per heavy atom. The first-order valence-corrected chi connectivity index (χ1v) is 14.7. The predicted octanol–water partition coefficient (Wildman–Crippen LogP) is 2.42. The second-order valence-electron chi connectivity index (χ2n) is 9.50. The van der Waals surface area contributed by atoms with E-state index in [-0.39, 0.29) is 24.0 Å². The van der Waals surface area contributed by atoms with Crippen LogP contribution in [-0.4, -0.2) is 87.7 Å². The lowest BCUT2D eigenvalue weighted by Gasteiger charge is -2.31. The van der Waals surface area contributed by atoms with Gasteiger partial charge in [-0.2, -0.15) is 15.1 Å². The number of aliphatic hydroxyl groups is 1. The molecule has 3 heterocycles. The van der Waals surface area contributed by atoms with Gasteiger partial charge < -0.3 is 29.7 Å². The van der Waals surface area contributed by atoms with E-state index in [0.29, 0.717) is 11.3 Å². The summed E-state index contributed by atoms with van der Waals surface area (Å²) >= 11 is 6.21. The fourth-order valence-electron chi connectivity index (χ4n) is 4.18. The number of nitrogen functional groups attached to an aromatic ring is 1. The molecule has 4 rings (SSSR count). The molecule has 0 aliphatic carbocycles. The van der Waals surface area contributed by atoms with Gasteiger partial charge in [0.25, 0.3) is 0 Å². The lowest BCUT2D eigenvalue weighted by atomic mass is 9.99. The van der Waals surface area contributed by atoms with Gasteiger partial charge in [-0.25, -0.2) is 13.9 Å². The molecule has 1 fully saturated rings. The number of alkyl halides is 2. The van der Waals surface area contributed by atoms with Gasteiger partial charge in [-0.3, -0.25) is 13.9 Å². The van der Waals surface area contributed by atoms with Crippen LogP contribution in [0.5, 0.6) is 5.75 Å². The number of imidazole rings is 1. The van der Waals surface area contributed by atoms with E-state index in [0.717, 1.165) is 0 Å². The Labute approximate surface area is 240 Å². The van der Waals surface area contributed by atoms with Gasteiger partial charge in [0.1, 0.15) is 23.5 Å². The van der Waals surface area contributed by atoms with Gasteiger partial charge in [-0.05, 0) is 26.0 Å². The summed E-state index contributed by atoms with van der Waals surface area (Å²) in [7, 11) is -0.892. The van der Waals surface area contributed by atoms with E-state index in [4.69, 9.17) is 35.9 Å². The van der Waals surface area contributed by atoms with E-state index < -0.39 is 56.3 Å². The molecule has 0 saturated carbocycles. The number of carbonyl (C=O) groups is 1. The maximum atomic E-state index is 15.7. The third-order valence-corrected chi connectivity index (χ3v) is 8.33. The van der Waals surface area contributed by atoms with Crippen LogP contribution in [0.3, 0.4) is 0 Å². The molecule has 224 valence electrons. The summed E-state index contributed by atoms with van der Waals surface area (Å²) < 4.78 is 53.0. The molecule has 1 aliphatic heterocycles. The van der Waals surface area contributed by atoms with Gasteiger partial charge in [-0.15, -0.1) is 11.6 Å². The van der Waals surface area contributed by atoms with Gasteiger partial charge in [0.15, 0.2) is 29.4 Å². The van der Waals surface area contributed by atoms with Crippen LogP contribution in [0.4, 0.5) is 16.2 Å². The number of anilines is 2. The molecule has 14 nitrogen and oxygen atoms in total. The first-order chi connectivity index (χ1) is 19.4. The van der Waals surface area contributed by atoms with Crippen molar-refractivity contribution < 1.29 is 37.4 Å². The standard InChI is InChI=1S/C24H32ClFN7O7P/c1-5-37-22(35)14(2)31-41(36,40-15-9-7-6-8-10-15)38-12-24(11-25)18(34)16(26)21(39-24)33-13-28-17-19(32(3)4)29-23(27)30-20(17)33/h6-10,13-14,16,18,21,34H,5,11-12H2,1-4H3,(H,31,36)(H2,27,29,30)/t14-,16+,18+,21-,24-,41?/m1/s1. The lowest BCUT2D eigenvalue weighted by Crippen LogP contribution is -2.48. The zero-order chi connectivity index (χ0) is 29.9. The van der Waals surface area contributed by atoms with E-state index in [1.54, 1.807) is 44.1 Å². The molecule has 0 spiro atoms. The second-order valence-corrected chi connectivity index (χ2v) is 11.5. The zero-order valence-electron chi connectivity index (χ0n) is 22.8. The SMILES string of the molecule is CCOC(=O)[C@@H](C)NP(=O)(OC[C@@]1(CCl)O[C@@H](n2cnc3c(N(C)C)nc(N)nc32)[C@@H](F)[C@@H]1O)Oc1ccccc1. The number of nitrogens with zero attached hydrogens (tertiary/aromatic N) is 5. The van der Waals surface area contributed by atoms with Crippen molar-refractivity contribution in [1.29, 1.82) is 0 Å². The molecule has 17 heteroatoms. The topological polar surface area (TPSA) is 176 Å². The number of halogens is 2. The highest BCUT2D eigenvalue weighted by Crippen LogP contribution is 2.49. The predicted molar refractivity (Wildman–Crippen MR) is 148 cm³/mol. The molecule has 41 heavy (non-hydrogen) atoms. The quantitative estimate of drug-likeness (QED) is 0.154. The number of aliphatic hydroxyl groups excluding tert-OH is 1. The minimum absolute atomic E-state index is 0.0790. The van der Waals surface area contributed by atoms with Crippen molar-refractivity contribution in [3.05, 3.63) is 36.7 Å². The summed E-state index contributed by atoms with van der Waals surface area (Å²) in [5.74, 6) is -0.687. The first-order valence-electron chi connectivity index (χ1n) is 12.6. The number of nitrogens with one attached hydrogen (secondary N) is 1. The number of hydrogen-bond acceptors (Lipinski definition) is 12. The molecule has 2 aromatic heterocycles. The van der Waals surface area contributed by atoms with E-state index in [1.807, 2.05) is 0 Å². The van der Waals surface area contributed by atoms with Crippen LogP contribution in [0.2, 0.25) is 0 Å². The van der Waals surface area contributed by atoms with Crippen molar-refractivity contribution in [3.63, 3.8) is 0 Å². The zero-order valence-corrected chi connectivity index (χ0v) is 24.5. The lowest BCUT2D eigenvalue weighted by molar-refractivity contribution is -0.144. The van der Waals surface area contributed by atoms with Gasteiger partial charge in [0.2, 0.25) is 5.95 Å². The van der Waals surface area contributed by atoms with E-state index >= 15 is 4.39 Å². The minimum atomic E-state index is -4.36. The van der Waals surface area contributed by atoms with Gasteiger partial charge in [0, 0.05) is 14.1 Å². The van der Waals surface area contributed by atoms with Crippen LogP contribution in [-0.2, 0) is 23.4 Å². The molecule has 0 radical (unpaired) electrons. The van der Waals surface area contributed by atoms with Crippen molar-refractivity contribution in [1.82, 2.24) is 24.6 Å². The highest BCUT2D eigenvalue weighted by atomic mass is 35.5. The molecule has 1 saturated heterocycles. The fourth-order valence-corrected chi connectivity index (χ4v) is 6.02. The van der Waals surface area contributed by atoms with E-state index in [9.17, 15) is 14.5 Å². The van der Waals surface area contributed by atoms with Crippen LogP contribution in [0.25, 0.3) is 11.2 Å². The van der Waals surface area contributed by atoms with Crippen molar-refractivity contribution in [2.75, 3.05) is 43.8 Å². The van der Waals surface area contributed by atoms with Gasteiger partial charge >= 0.3 is 13.7 Å². The summed E-state index contributed by atoms with van der Waals surface area (Å²) in [4.78, 5) is 26.5. The first kappa shape index (κ1) is 30.9. The average Bonchev–Trinajstić information content (AvgIpc) is 3.46. The molecule has 3 aromatic rings. The van der Waals surface area contributed by atoms with E-state index in [1.165, 1.54) is 30.0 Å². The Bertz CT molecular complexity index is 1420. The number of carbonyl (C=O) groups excluding carboxylic acids is 1. The number of hydrogen-bond donors (Lipinski definition) is 3. The van der Waals surface area contributed by atoms with Crippen LogP contribution >= 0.6 is 19.3 Å². The van der Waals surface area contributed by atoms with Crippen molar-refractivity contribution in [2.45, 2.75) is 44.0 Å². The molecule has 0 amide bonds. The van der Waals surface area contributed by atoms with Crippen LogP contribution in [0.1, 0.15) is 20.1 Å². The summed E-state index contributed by atoms with van der Waals surface area (Å²) in [5, 5.41) is 13.5. The number of para-hydroxylation sites is 1. The number of nitrogens with two attached hydrogens (primary N) is 1. The average molecular weight is 616 g/mol. The summed E-state index contributed by atoms with van der Waals surface area (Å²) in [5.41, 5.74) is 4.46. The Morgan fingerprint density at radius 2 is 2.07 bits per heavy atom. The largest absolute Gasteiger partial charge is 0.465 e. The molecule has 6 atom stereocenters. The highest BCUT2D eigenvalue weighted by Gasteiger charge is 2.57. The number of benzene rings is 1. The molecule has 1 aromatic carbocycles. The van der Waals surface area contributed by atoms with Gasteiger partial charge in [0.05, 0.1) is 25.4 Å². The van der Waals surface area contributed by atoms with Gasteiger partial charge in [-0.1, -0.05) is 18.2 Å². The molecule has 0 bridgehead atoms. The third kappa shape index (κ3) is 6.40. The molecule has 4 N–H and O–H groups in total. The number of rotatable bonds is 12. The normalized spacial score (nSPS) is 24.6. The molecule has 1 aliphatic rings. The third-order valence-electron chi connectivity index (χ3n) is 6.25. The second kappa shape index (κ2) is 12.4. The molecular weight excluding hydrogens is 584 g/mol. The van der Waals surface area contributed by atoms with Crippen molar-refractivity contribution in [2.24, 2.45) is 0 Å². The summed E-state index contributed by atoms with van der Waals surface area (Å²) in [6.45, 7) is 2.45. The smallest absolute Gasteiger partial charge is 0.459 e. The maximum Gasteiger partial charge on any atom is 0.459 e. The highest BCUT2D eigenvalue weighted by molar-refractivity contribution is 7.52. The monoisotopic (exact) mass is 615 g/mol. The molecular formula is C24H32ClFN7O7P. The Morgan fingerprint density at radius 3 is 2.71 bits per heavy atom. The van der Waals surface area contributed by atoms with Crippen LogP contribution in [0.15, 0.2) is 36.7 Å². The Hall–Kier alpha value is -3.07. The van der Waals surface area contributed by atoms with Crippen LogP contribution < -0.4 is 20.2 Å².